The van der Waals surface area contributed by atoms with Crippen molar-refractivity contribution in [3.05, 3.63) is 39.8 Å². The molecule has 3 rings (SSSR count). The third kappa shape index (κ3) is 4.02. The molecule has 0 radical (unpaired) electrons. The molecule has 0 unspecified atom stereocenters. The van der Waals surface area contributed by atoms with Crippen molar-refractivity contribution in [1.82, 2.24) is 19.7 Å². The zero-order valence-electron chi connectivity index (χ0n) is 14.3. The lowest BCUT2D eigenvalue weighted by molar-refractivity contribution is -0.116. The third-order valence-electron chi connectivity index (χ3n) is 3.71. The molecule has 7 nitrogen and oxygen atoms in total. The number of nitrogens with one attached hydrogen (secondary N) is 1. The first-order valence-electron chi connectivity index (χ1n) is 7.81. The Bertz CT molecular complexity index is 1020. The second-order valence-corrected chi connectivity index (χ2v) is 8.93. The molecular weight excluding hydrogens is 390 g/mol. The molecule has 26 heavy (non-hydrogen) atoms. The number of hydrogen-bond donors (Lipinski definition) is 1. The Kier molecular flexibility index (Phi) is 5.84. The van der Waals surface area contributed by atoms with Crippen LogP contribution in [-0.2, 0) is 11.3 Å². The topological polar surface area (TPSA) is 89.8 Å². The molecule has 0 aliphatic carbocycles. The van der Waals surface area contributed by atoms with Crippen LogP contribution < -0.4 is 10.9 Å². The molecule has 10 heteroatoms. The molecule has 0 fully saturated rings. The number of anilines is 1. The summed E-state index contributed by atoms with van der Waals surface area (Å²) in [5.41, 5.74) is 0.850. The molecule has 1 N–H and O–H groups in total. The van der Waals surface area contributed by atoms with Gasteiger partial charge in [-0.05, 0) is 19.4 Å². The molecule has 1 amide bonds. The highest BCUT2D eigenvalue weighted by Crippen LogP contribution is 2.26. The Morgan fingerprint density at radius 3 is 2.96 bits per heavy atom. The summed E-state index contributed by atoms with van der Waals surface area (Å²) < 4.78 is 2.25. The number of amides is 1. The molecule has 0 spiro atoms. The first kappa shape index (κ1) is 18.7. The summed E-state index contributed by atoms with van der Waals surface area (Å²) in [4.78, 5) is 30.9. The second-order valence-electron chi connectivity index (χ2n) is 5.48. The molecule has 0 bridgehead atoms. The van der Waals surface area contributed by atoms with Gasteiger partial charge in [-0.2, -0.15) is 0 Å². The first-order valence-corrected chi connectivity index (χ1v) is 10.4. The van der Waals surface area contributed by atoms with Gasteiger partial charge in [-0.3, -0.25) is 14.2 Å². The van der Waals surface area contributed by atoms with Crippen LogP contribution in [0.25, 0.3) is 10.2 Å². The fraction of sp³-hybridized carbons (Fsp3) is 0.312. The molecule has 3 aromatic heterocycles. The fourth-order valence-corrected chi connectivity index (χ4v) is 4.80. The molecule has 3 heterocycles. The van der Waals surface area contributed by atoms with Gasteiger partial charge in [0.1, 0.15) is 4.83 Å². The molecule has 0 saturated carbocycles. The number of thiophene rings is 1. The van der Waals surface area contributed by atoms with E-state index in [0.717, 1.165) is 25.4 Å². The van der Waals surface area contributed by atoms with Crippen LogP contribution in [0.2, 0.25) is 0 Å². The van der Waals surface area contributed by atoms with Gasteiger partial charge in [0.15, 0.2) is 4.34 Å². The van der Waals surface area contributed by atoms with Crippen molar-refractivity contribution in [3.8, 4) is 0 Å². The first-order chi connectivity index (χ1) is 12.5. The highest BCUT2D eigenvalue weighted by Gasteiger charge is 2.13. The lowest BCUT2D eigenvalue weighted by atomic mass is 10.2. The Balaban J connectivity index is 1.64. The number of hydrogen-bond acceptors (Lipinski definition) is 8. The van der Waals surface area contributed by atoms with Gasteiger partial charge in [-0.1, -0.05) is 29.2 Å². The van der Waals surface area contributed by atoms with Crippen molar-refractivity contribution in [2.45, 2.75) is 31.2 Å². The number of aromatic nitrogens is 4. The van der Waals surface area contributed by atoms with Crippen molar-refractivity contribution in [2.24, 2.45) is 0 Å². The smallest absolute Gasteiger partial charge is 0.262 e. The predicted octanol–water partition coefficient (Wildman–Crippen LogP) is 3.23. The van der Waals surface area contributed by atoms with E-state index in [4.69, 9.17) is 0 Å². The zero-order valence-corrected chi connectivity index (χ0v) is 16.8. The predicted molar refractivity (Wildman–Crippen MR) is 107 cm³/mol. The minimum Gasteiger partial charge on any atom is -0.300 e. The molecule has 3 aromatic rings. The molecule has 0 aromatic carbocycles. The average Bonchev–Trinajstić information content (AvgIpc) is 3.17. The number of nitrogens with zero attached hydrogens (tertiary/aromatic N) is 4. The van der Waals surface area contributed by atoms with Gasteiger partial charge in [0, 0.05) is 23.6 Å². The molecule has 0 aliphatic rings. The van der Waals surface area contributed by atoms with E-state index in [-0.39, 0.29) is 24.4 Å². The van der Waals surface area contributed by atoms with E-state index in [9.17, 15) is 9.59 Å². The molecule has 0 saturated heterocycles. The van der Waals surface area contributed by atoms with Gasteiger partial charge in [0.05, 0.1) is 11.7 Å². The van der Waals surface area contributed by atoms with E-state index in [2.05, 4.69) is 27.1 Å². The number of aryl methyl sites for hydroxylation is 3. The highest BCUT2D eigenvalue weighted by atomic mass is 32.2. The summed E-state index contributed by atoms with van der Waals surface area (Å²) in [6, 6.07) is 0. The summed E-state index contributed by atoms with van der Waals surface area (Å²) >= 11 is 4.33. The van der Waals surface area contributed by atoms with E-state index in [1.807, 2.05) is 13.8 Å². The maximum atomic E-state index is 12.6. The van der Waals surface area contributed by atoms with Crippen LogP contribution in [0, 0.1) is 13.8 Å². The van der Waals surface area contributed by atoms with Gasteiger partial charge < -0.3 is 5.32 Å². The molecular formula is C16H17N5O2S3. The van der Waals surface area contributed by atoms with Gasteiger partial charge >= 0.3 is 0 Å². The summed E-state index contributed by atoms with van der Waals surface area (Å²) in [6.45, 7) is 7.81. The van der Waals surface area contributed by atoms with Gasteiger partial charge in [0.25, 0.3) is 5.56 Å². The number of carbonyl (C=O) groups is 1. The van der Waals surface area contributed by atoms with E-state index in [1.165, 1.54) is 45.3 Å². The molecule has 0 atom stereocenters. The van der Waals surface area contributed by atoms with E-state index in [1.54, 1.807) is 6.08 Å². The van der Waals surface area contributed by atoms with Crippen LogP contribution in [0.5, 0.6) is 0 Å². The Labute approximate surface area is 162 Å². The maximum Gasteiger partial charge on any atom is 0.262 e. The van der Waals surface area contributed by atoms with Crippen molar-refractivity contribution < 1.29 is 4.79 Å². The normalized spacial score (nSPS) is 11.0. The van der Waals surface area contributed by atoms with Crippen molar-refractivity contribution in [2.75, 3.05) is 11.1 Å². The minimum atomic E-state index is -0.216. The maximum absolute atomic E-state index is 12.6. The van der Waals surface area contributed by atoms with Crippen molar-refractivity contribution in [1.29, 1.82) is 0 Å². The number of thioether (sulfide) groups is 1. The summed E-state index contributed by atoms with van der Waals surface area (Å²) in [7, 11) is 0. The van der Waals surface area contributed by atoms with Crippen LogP contribution in [0.3, 0.4) is 0 Å². The monoisotopic (exact) mass is 407 g/mol. The molecule has 136 valence electrons. The van der Waals surface area contributed by atoms with Crippen LogP contribution in [0.15, 0.2) is 28.1 Å². The van der Waals surface area contributed by atoms with Crippen molar-refractivity contribution >= 4 is 55.7 Å². The van der Waals surface area contributed by atoms with Crippen LogP contribution in [0.1, 0.15) is 16.9 Å². The lowest BCUT2D eigenvalue weighted by Crippen LogP contribution is -2.23. The van der Waals surface area contributed by atoms with E-state index in [0.29, 0.717) is 10.5 Å². The number of rotatable bonds is 7. The lowest BCUT2D eigenvalue weighted by Gasteiger charge is -2.05. The summed E-state index contributed by atoms with van der Waals surface area (Å²) in [5, 5.41) is 11.7. The molecule has 0 aliphatic heterocycles. The second kappa shape index (κ2) is 8.11. The zero-order chi connectivity index (χ0) is 18.7. The van der Waals surface area contributed by atoms with Crippen LogP contribution >= 0.6 is 34.4 Å². The summed E-state index contributed by atoms with van der Waals surface area (Å²) in [6.07, 6.45) is 3.44. The van der Waals surface area contributed by atoms with Crippen molar-refractivity contribution in [3.63, 3.8) is 0 Å². The van der Waals surface area contributed by atoms with E-state index < -0.39 is 0 Å². The summed E-state index contributed by atoms with van der Waals surface area (Å²) in [5.74, 6) is 0.522. The minimum absolute atomic E-state index is 0.108. The Hall–Kier alpha value is -2.04. The van der Waals surface area contributed by atoms with Crippen LogP contribution in [0.4, 0.5) is 5.13 Å². The number of carbonyl (C=O) groups excluding carboxylic acids is 1. The third-order valence-corrected chi connectivity index (χ3v) is 6.80. The van der Waals surface area contributed by atoms with E-state index >= 15 is 0 Å². The quantitative estimate of drug-likeness (QED) is 0.367. The standard InChI is InChI=1S/C16H17N5O2S3/c1-4-7-24-16-20-19-15(26-16)18-11(22)5-6-21-8-17-13-12(14(21)23)9(2)10(3)25-13/h4,8H,1,5-7H2,2-3H3,(H,18,19,22). The fourth-order valence-electron chi connectivity index (χ4n) is 2.28. The van der Waals surface area contributed by atoms with Gasteiger partial charge in [-0.15, -0.1) is 28.1 Å². The number of fused-ring (bicyclic) bond motifs is 1. The van der Waals surface area contributed by atoms with Gasteiger partial charge in [0.2, 0.25) is 11.0 Å². The average molecular weight is 408 g/mol. The Morgan fingerprint density at radius 1 is 1.38 bits per heavy atom. The Morgan fingerprint density at radius 2 is 2.19 bits per heavy atom. The largest absolute Gasteiger partial charge is 0.300 e. The SMILES string of the molecule is C=CCSc1nnc(NC(=O)CCn2cnc3sc(C)c(C)c3c2=O)s1. The van der Waals surface area contributed by atoms with Gasteiger partial charge in [-0.25, -0.2) is 4.98 Å². The van der Waals surface area contributed by atoms with Crippen LogP contribution in [-0.4, -0.2) is 31.4 Å². The highest BCUT2D eigenvalue weighted by molar-refractivity contribution is 8.01.